The van der Waals surface area contributed by atoms with Crippen LogP contribution >= 0.6 is 81.2 Å². The summed E-state index contributed by atoms with van der Waals surface area (Å²) in [5.74, 6) is 0.257. The van der Waals surface area contributed by atoms with Gasteiger partial charge in [0.15, 0.2) is 5.75 Å². The van der Waals surface area contributed by atoms with Gasteiger partial charge in [-0.2, -0.15) is 0 Å². The first-order valence-corrected chi connectivity index (χ1v) is 7.99. The van der Waals surface area contributed by atoms with Crippen LogP contribution in [0.3, 0.4) is 0 Å². The summed E-state index contributed by atoms with van der Waals surface area (Å²) in [5.41, 5.74) is 0.763. The summed E-state index contributed by atoms with van der Waals surface area (Å²) < 4.78 is 5.09. The van der Waals surface area contributed by atoms with Crippen molar-refractivity contribution in [2.45, 2.75) is 0 Å². The quantitative estimate of drug-likeness (QED) is 0.444. The Hall–Kier alpha value is 0.270. The van der Waals surface area contributed by atoms with Gasteiger partial charge in [0.1, 0.15) is 5.02 Å². The number of hydrogen-bond acceptors (Lipinski definition) is 1. The van der Waals surface area contributed by atoms with Gasteiger partial charge in [-0.25, -0.2) is 0 Å². The molecule has 2 aromatic carbocycles. The van der Waals surface area contributed by atoms with Crippen molar-refractivity contribution in [1.29, 1.82) is 0 Å². The highest BCUT2D eigenvalue weighted by molar-refractivity contribution is 6.52. The Morgan fingerprint density at radius 1 is 0.667 bits per heavy atom. The molecule has 0 aromatic heterocycles. The summed E-state index contributed by atoms with van der Waals surface area (Å²) in [5, 5.41) is 1.45. The highest BCUT2D eigenvalue weighted by Gasteiger charge is 2.22. The zero-order valence-corrected chi connectivity index (χ0v) is 15.5. The Morgan fingerprint density at radius 2 is 1.19 bits per heavy atom. The van der Waals surface area contributed by atoms with Crippen LogP contribution in [0.1, 0.15) is 0 Å². The molecule has 0 fully saturated rings. The fourth-order valence-electron chi connectivity index (χ4n) is 1.76. The van der Waals surface area contributed by atoms with E-state index in [0.717, 1.165) is 0 Å². The Morgan fingerprint density at radius 3 is 1.67 bits per heavy atom. The molecule has 0 aliphatic rings. The molecule has 0 saturated carbocycles. The molecule has 0 N–H and O–H groups in total. The van der Waals surface area contributed by atoms with Gasteiger partial charge in [-0.05, 0) is 12.1 Å². The molecule has 0 saturated heterocycles. The van der Waals surface area contributed by atoms with Gasteiger partial charge in [-0.15, -0.1) is 0 Å². The van der Waals surface area contributed by atoms with Crippen LogP contribution in [0.5, 0.6) is 5.75 Å². The van der Waals surface area contributed by atoms with E-state index in [1.54, 1.807) is 0 Å². The van der Waals surface area contributed by atoms with Crippen molar-refractivity contribution < 1.29 is 4.74 Å². The number of benzene rings is 2. The summed E-state index contributed by atoms with van der Waals surface area (Å²) in [6.45, 7) is 0. The van der Waals surface area contributed by atoms with E-state index in [2.05, 4.69) is 0 Å². The minimum Gasteiger partial charge on any atom is -0.494 e. The molecule has 8 heteroatoms. The van der Waals surface area contributed by atoms with E-state index in [9.17, 15) is 0 Å². The molecule has 0 aliphatic heterocycles. The molecule has 0 aliphatic carbocycles. The molecular weight excluding hydrogens is 420 g/mol. The van der Waals surface area contributed by atoms with Gasteiger partial charge >= 0.3 is 0 Å². The van der Waals surface area contributed by atoms with Crippen LogP contribution in [0.15, 0.2) is 12.1 Å². The second-order valence-corrected chi connectivity index (χ2v) is 6.64. The van der Waals surface area contributed by atoms with E-state index < -0.39 is 0 Å². The normalized spacial score (nSPS) is 10.9. The topological polar surface area (TPSA) is 9.23 Å². The molecule has 21 heavy (non-hydrogen) atoms. The maximum Gasteiger partial charge on any atom is 0.157 e. The van der Waals surface area contributed by atoms with E-state index in [-0.39, 0.29) is 40.9 Å². The molecule has 112 valence electrons. The molecule has 0 atom stereocenters. The Labute approximate surface area is 156 Å². The predicted molar refractivity (Wildman–Crippen MR) is 93.5 cm³/mol. The van der Waals surface area contributed by atoms with Crippen LogP contribution in [0.25, 0.3) is 11.1 Å². The largest absolute Gasteiger partial charge is 0.494 e. The molecule has 0 bridgehead atoms. The van der Waals surface area contributed by atoms with Gasteiger partial charge in [0.05, 0.1) is 37.2 Å². The van der Waals surface area contributed by atoms with E-state index in [0.29, 0.717) is 11.1 Å². The van der Waals surface area contributed by atoms with Gasteiger partial charge in [0.25, 0.3) is 0 Å². The molecule has 0 unspecified atom stereocenters. The second kappa shape index (κ2) is 6.80. The van der Waals surface area contributed by atoms with Crippen molar-refractivity contribution in [3.8, 4) is 16.9 Å². The van der Waals surface area contributed by atoms with Gasteiger partial charge in [-0.1, -0.05) is 81.2 Å². The van der Waals surface area contributed by atoms with Crippen molar-refractivity contribution >= 4 is 81.2 Å². The van der Waals surface area contributed by atoms with Gasteiger partial charge < -0.3 is 4.74 Å². The smallest absolute Gasteiger partial charge is 0.157 e. The molecule has 2 rings (SSSR count). The average molecular weight is 425 g/mol. The SMILES string of the molecule is COc1c(Cl)cc(-c2c(Cl)c(Cl)cc(Cl)c2Cl)c(Cl)c1Cl. The standard InChI is InChI=1S/C13H5Cl7O/c1-21-13-7(16)2-4(9(17)12(13)20)8-10(18)5(14)3-6(15)11(8)19/h2-3H,1H3. The highest BCUT2D eigenvalue weighted by Crippen LogP contribution is 2.50. The maximum atomic E-state index is 6.26. The van der Waals surface area contributed by atoms with Crippen LogP contribution < -0.4 is 4.74 Å². The number of halogens is 7. The van der Waals surface area contributed by atoms with E-state index in [1.807, 2.05) is 0 Å². The van der Waals surface area contributed by atoms with Gasteiger partial charge in [0, 0.05) is 11.1 Å². The molecule has 0 radical (unpaired) electrons. The van der Waals surface area contributed by atoms with Crippen molar-refractivity contribution in [2.24, 2.45) is 0 Å². The zero-order chi connectivity index (χ0) is 15.9. The lowest BCUT2D eigenvalue weighted by molar-refractivity contribution is 0.415. The number of methoxy groups -OCH3 is 1. The van der Waals surface area contributed by atoms with E-state index >= 15 is 0 Å². The number of ether oxygens (including phenoxy) is 1. The van der Waals surface area contributed by atoms with Crippen molar-refractivity contribution in [2.75, 3.05) is 7.11 Å². The summed E-state index contributed by atoms with van der Waals surface area (Å²) in [4.78, 5) is 0. The molecule has 2 aromatic rings. The molecular formula is C13H5Cl7O. The lowest BCUT2D eigenvalue weighted by Crippen LogP contribution is -1.91. The van der Waals surface area contributed by atoms with Crippen LogP contribution in [0.4, 0.5) is 0 Å². The lowest BCUT2D eigenvalue weighted by atomic mass is 10.0. The molecule has 0 heterocycles. The summed E-state index contributed by atoms with van der Waals surface area (Å²) in [7, 11) is 1.43. The maximum absolute atomic E-state index is 6.26. The summed E-state index contributed by atoms with van der Waals surface area (Å²) in [6, 6.07) is 2.98. The van der Waals surface area contributed by atoms with Crippen LogP contribution in [0, 0.1) is 0 Å². The predicted octanol–water partition coefficient (Wildman–Crippen LogP) is 7.94. The van der Waals surface area contributed by atoms with Crippen LogP contribution in [-0.4, -0.2) is 7.11 Å². The average Bonchev–Trinajstić information content (AvgIpc) is 2.43. The Kier molecular flexibility index (Phi) is 5.71. The fraction of sp³-hybridized carbons (Fsp3) is 0.0769. The zero-order valence-electron chi connectivity index (χ0n) is 10.2. The highest BCUT2D eigenvalue weighted by atomic mass is 35.5. The Bertz CT molecular complexity index is 701. The second-order valence-electron chi connectivity index (χ2n) is 3.91. The van der Waals surface area contributed by atoms with Crippen molar-refractivity contribution in [3.63, 3.8) is 0 Å². The monoisotopic (exact) mass is 422 g/mol. The van der Waals surface area contributed by atoms with Crippen LogP contribution in [-0.2, 0) is 0 Å². The molecule has 0 amide bonds. The summed E-state index contributed by atoms with van der Waals surface area (Å²) >= 11 is 43.0. The molecule has 1 nitrogen and oxygen atoms in total. The first kappa shape index (κ1) is 17.6. The van der Waals surface area contributed by atoms with Crippen molar-refractivity contribution in [1.82, 2.24) is 0 Å². The minimum absolute atomic E-state index is 0.143. The van der Waals surface area contributed by atoms with Gasteiger partial charge in [0.2, 0.25) is 0 Å². The lowest BCUT2D eigenvalue weighted by Gasteiger charge is -2.15. The first-order chi connectivity index (χ1) is 9.79. The van der Waals surface area contributed by atoms with E-state index in [4.69, 9.17) is 85.9 Å². The Balaban J connectivity index is 2.86. The molecule has 0 spiro atoms. The fourth-order valence-corrected chi connectivity index (χ4v) is 3.61. The summed E-state index contributed by atoms with van der Waals surface area (Å²) in [6.07, 6.45) is 0. The minimum atomic E-state index is 0.143. The van der Waals surface area contributed by atoms with Crippen molar-refractivity contribution in [3.05, 3.63) is 47.3 Å². The first-order valence-electron chi connectivity index (χ1n) is 5.34. The van der Waals surface area contributed by atoms with E-state index in [1.165, 1.54) is 19.2 Å². The third-order valence-electron chi connectivity index (χ3n) is 2.70. The van der Waals surface area contributed by atoms with Gasteiger partial charge in [-0.3, -0.25) is 0 Å². The number of hydrogen-bond donors (Lipinski definition) is 0. The number of rotatable bonds is 2. The third kappa shape index (κ3) is 3.16. The van der Waals surface area contributed by atoms with Crippen LogP contribution in [0.2, 0.25) is 35.2 Å². The third-order valence-corrected chi connectivity index (χ3v) is 5.41.